The second kappa shape index (κ2) is 6.39. The third-order valence-corrected chi connectivity index (χ3v) is 4.03. The molecule has 0 aromatic rings. The second-order valence-corrected chi connectivity index (χ2v) is 5.53. The van der Waals surface area contributed by atoms with Gasteiger partial charge in [-0.15, -0.1) is 0 Å². The van der Waals surface area contributed by atoms with Gasteiger partial charge in [0.25, 0.3) is 0 Å². The van der Waals surface area contributed by atoms with Gasteiger partial charge in [-0.05, 0) is 32.2 Å². The van der Waals surface area contributed by atoms with Crippen molar-refractivity contribution in [2.24, 2.45) is 5.41 Å². The molecule has 1 aliphatic rings. The summed E-state index contributed by atoms with van der Waals surface area (Å²) in [5.74, 6) is 0. The van der Waals surface area contributed by atoms with Gasteiger partial charge in [0.1, 0.15) is 6.29 Å². The van der Waals surface area contributed by atoms with Crippen LogP contribution >= 0.6 is 0 Å². The van der Waals surface area contributed by atoms with Gasteiger partial charge < -0.3 is 4.79 Å². The lowest BCUT2D eigenvalue weighted by molar-refractivity contribution is -0.117. The van der Waals surface area contributed by atoms with Crippen LogP contribution in [-0.2, 0) is 4.79 Å². The van der Waals surface area contributed by atoms with Crippen LogP contribution in [0.3, 0.4) is 0 Å². The number of hydrogen-bond donors (Lipinski definition) is 0. The maximum Gasteiger partial charge on any atom is 0.127 e. The van der Waals surface area contributed by atoms with Crippen LogP contribution in [0.2, 0.25) is 0 Å². The zero-order valence-electron chi connectivity index (χ0n) is 11.2. The average Bonchev–Trinajstić information content (AvgIpc) is 2.32. The van der Waals surface area contributed by atoms with Gasteiger partial charge in [-0.2, -0.15) is 0 Å². The van der Waals surface area contributed by atoms with Gasteiger partial charge in [0, 0.05) is 18.0 Å². The Hall–Kier alpha value is -0.370. The highest BCUT2D eigenvalue weighted by Gasteiger charge is 2.29. The van der Waals surface area contributed by atoms with E-state index in [0.29, 0.717) is 0 Å². The van der Waals surface area contributed by atoms with Crippen LogP contribution in [0.15, 0.2) is 0 Å². The number of carbonyl (C=O) groups is 1. The van der Waals surface area contributed by atoms with Crippen LogP contribution in [0.4, 0.5) is 0 Å². The van der Waals surface area contributed by atoms with Gasteiger partial charge in [-0.25, -0.2) is 0 Å². The minimum absolute atomic E-state index is 0.136. The Morgan fingerprint density at radius 2 is 2.12 bits per heavy atom. The summed E-state index contributed by atoms with van der Waals surface area (Å²) in [6, 6.07) is 0.726. The molecule has 2 heteroatoms. The van der Waals surface area contributed by atoms with Crippen molar-refractivity contribution in [2.45, 2.75) is 65.3 Å². The van der Waals surface area contributed by atoms with Crippen LogP contribution in [0.1, 0.15) is 59.3 Å². The average molecular weight is 225 g/mol. The number of rotatable bonds is 6. The molecule has 94 valence electrons. The van der Waals surface area contributed by atoms with Crippen LogP contribution in [0.25, 0.3) is 0 Å². The third kappa shape index (κ3) is 3.58. The minimum atomic E-state index is -0.136. The lowest BCUT2D eigenvalue weighted by atomic mass is 9.86. The Labute approximate surface area is 100 Å². The van der Waals surface area contributed by atoms with E-state index in [-0.39, 0.29) is 5.41 Å². The summed E-state index contributed by atoms with van der Waals surface area (Å²) in [5.41, 5.74) is -0.136. The molecule has 0 bridgehead atoms. The van der Waals surface area contributed by atoms with Crippen molar-refractivity contribution in [1.82, 2.24) is 4.90 Å². The van der Waals surface area contributed by atoms with E-state index in [2.05, 4.69) is 25.7 Å². The predicted octanol–water partition coefficient (Wildman–Crippen LogP) is 3.26. The third-order valence-electron chi connectivity index (χ3n) is 4.03. The number of hydrogen-bond acceptors (Lipinski definition) is 2. The molecule has 0 N–H and O–H groups in total. The summed E-state index contributed by atoms with van der Waals surface area (Å²) in [5, 5.41) is 0. The van der Waals surface area contributed by atoms with Crippen LogP contribution in [-0.4, -0.2) is 30.3 Å². The predicted molar refractivity (Wildman–Crippen MR) is 68.6 cm³/mol. The Balaban J connectivity index is 2.57. The molecular formula is C14H27NO. The highest BCUT2D eigenvalue weighted by atomic mass is 16.1. The molecular weight excluding hydrogens is 198 g/mol. The Morgan fingerprint density at radius 1 is 1.38 bits per heavy atom. The highest BCUT2D eigenvalue weighted by molar-refractivity contribution is 5.58. The molecule has 1 heterocycles. The molecule has 2 atom stereocenters. The molecule has 0 aromatic carbocycles. The van der Waals surface area contributed by atoms with Crippen molar-refractivity contribution in [3.8, 4) is 0 Å². The fourth-order valence-electron chi connectivity index (χ4n) is 2.62. The number of carbonyl (C=O) groups excluding carboxylic acids is 1. The van der Waals surface area contributed by atoms with E-state index in [1.54, 1.807) is 0 Å². The smallest absolute Gasteiger partial charge is 0.127 e. The van der Waals surface area contributed by atoms with E-state index < -0.39 is 0 Å². The normalized spacial score (nSPS) is 26.3. The molecule has 1 saturated heterocycles. The molecule has 0 spiro atoms. The standard InChI is InChI=1S/C14H27NO/c1-4-8-13-9-6-7-10-15(13)11-14(3,5-2)12-16/h12-13H,4-11H2,1-3H3. The van der Waals surface area contributed by atoms with Crippen molar-refractivity contribution in [2.75, 3.05) is 13.1 Å². The molecule has 2 nitrogen and oxygen atoms in total. The van der Waals surface area contributed by atoms with Gasteiger partial charge in [0.05, 0.1) is 0 Å². The van der Waals surface area contributed by atoms with E-state index in [9.17, 15) is 4.79 Å². The van der Waals surface area contributed by atoms with Gasteiger partial charge >= 0.3 is 0 Å². The first kappa shape index (κ1) is 13.7. The van der Waals surface area contributed by atoms with E-state index in [0.717, 1.165) is 25.3 Å². The zero-order valence-corrected chi connectivity index (χ0v) is 11.2. The molecule has 2 unspecified atom stereocenters. The first-order chi connectivity index (χ1) is 7.65. The van der Waals surface area contributed by atoms with Crippen molar-refractivity contribution >= 4 is 6.29 Å². The van der Waals surface area contributed by atoms with Crippen molar-refractivity contribution in [1.29, 1.82) is 0 Å². The first-order valence-corrected chi connectivity index (χ1v) is 6.85. The van der Waals surface area contributed by atoms with Crippen molar-refractivity contribution < 1.29 is 4.79 Å². The summed E-state index contributed by atoms with van der Waals surface area (Å²) in [6.45, 7) is 8.61. The van der Waals surface area contributed by atoms with Crippen LogP contribution in [0, 0.1) is 5.41 Å². The van der Waals surface area contributed by atoms with E-state index in [1.807, 2.05) is 0 Å². The van der Waals surface area contributed by atoms with Crippen LogP contribution in [0.5, 0.6) is 0 Å². The Morgan fingerprint density at radius 3 is 2.69 bits per heavy atom. The Kier molecular flexibility index (Phi) is 5.47. The summed E-state index contributed by atoms with van der Waals surface area (Å²) in [7, 11) is 0. The fraction of sp³-hybridized carbons (Fsp3) is 0.929. The number of aldehydes is 1. The Bertz CT molecular complexity index is 215. The fourth-order valence-corrected chi connectivity index (χ4v) is 2.62. The first-order valence-electron chi connectivity index (χ1n) is 6.85. The number of piperidine rings is 1. The second-order valence-electron chi connectivity index (χ2n) is 5.53. The largest absolute Gasteiger partial charge is 0.303 e. The van der Waals surface area contributed by atoms with Gasteiger partial charge in [0.15, 0.2) is 0 Å². The summed E-state index contributed by atoms with van der Waals surface area (Å²) in [4.78, 5) is 13.7. The van der Waals surface area contributed by atoms with Gasteiger partial charge in [-0.3, -0.25) is 4.90 Å². The molecule has 0 radical (unpaired) electrons. The van der Waals surface area contributed by atoms with Gasteiger partial charge in [0.2, 0.25) is 0 Å². The summed E-state index contributed by atoms with van der Waals surface area (Å²) >= 11 is 0. The van der Waals surface area contributed by atoms with E-state index >= 15 is 0 Å². The lowest BCUT2D eigenvalue weighted by Crippen LogP contribution is -2.45. The zero-order chi connectivity index (χ0) is 12.0. The minimum Gasteiger partial charge on any atom is -0.303 e. The maximum atomic E-state index is 11.2. The molecule has 1 aliphatic heterocycles. The van der Waals surface area contributed by atoms with Gasteiger partial charge in [-0.1, -0.05) is 33.6 Å². The lowest BCUT2D eigenvalue weighted by Gasteiger charge is -2.39. The molecule has 16 heavy (non-hydrogen) atoms. The SMILES string of the molecule is CCCC1CCCCN1CC(C)(C=O)CC. The molecule has 1 fully saturated rings. The van der Waals surface area contributed by atoms with E-state index in [4.69, 9.17) is 0 Å². The molecule has 0 aliphatic carbocycles. The molecule has 0 saturated carbocycles. The van der Waals surface area contributed by atoms with Crippen LogP contribution < -0.4 is 0 Å². The van der Waals surface area contributed by atoms with Crippen molar-refractivity contribution in [3.05, 3.63) is 0 Å². The van der Waals surface area contributed by atoms with Crippen molar-refractivity contribution in [3.63, 3.8) is 0 Å². The number of likely N-dealkylation sites (tertiary alicyclic amines) is 1. The monoisotopic (exact) mass is 225 g/mol. The summed E-state index contributed by atoms with van der Waals surface area (Å²) in [6.07, 6.45) is 8.65. The quantitative estimate of drug-likeness (QED) is 0.647. The maximum absolute atomic E-state index is 11.2. The summed E-state index contributed by atoms with van der Waals surface area (Å²) < 4.78 is 0. The molecule has 1 rings (SSSR count). The molecule has 0 amide bonds. The number of nitrogens with zero attached hydrogens (tertiary/aromatic N) is 1. The topological polar surface area (TPSA) is 20.3 Å². The highest BCUT2D eigenvalue weighted by Crippen LogP contribution is 2.26. The van der Waals surface area contributed by atoms with E-state index in [1.165, 1.54) is 38.6 Å². The molecule has 0 aromatic heterocycles.